The van der Waals surface area contributed by atoms with E-state index in [4.69, 9.17) is 4.98 Å². The molecule has 0 amide bonds. The first-order valence-corrected chi connectivity index (χ1v) is 9.48. The SMILES string of the molecule is Cc1cccc2nc(CSc3ncnc4nc[nH]c34)n(C3CC3)c(=O)c12. The molecule has 1 saturated carbocycles. The first-order chi connectivity index (χ1) is 12.7. The molecule has 0 unspecified atom stereocenters. The van der Waals surface area contributed by atoms with Crippen LogP contribution in [0.5, 0.6) is 0 Å². The summed E-state index contributed by atoms with van der Waals surface area (Å²) in [7, 11) is 0. The summed E-state index contributed by atoms with van der Waals surface area (Å²) in [5.41, 5.74) is 3.26. The van der Waals surface area contributed by atoms with Crippen LogP contribution in [-0.4, -0.2) is 29.5 Å². The number of aromatic nitrogens is 6. The zero-order valence-corrected chi connectivity index (χ0v) is 15.0. The zero-order chi connectivity index (χ0) is 17.7. The van der Waals surface area contributed by atoms with Crippen molar-refractivity contribution in [2.75, 3.05) is 0 Å². The Morgan fingerprint density at radius 2 is 2.15 bits per heavy atom. The van der Waals surface area contributed by atoms with Gasteiger partial charge in [-0.15, -0.1) is 0 Å². The van der Waals surface area contributed by atoms with Crippen LogP contribution in [0, 0.1) is 6.92 Å². The van der Waals surface area contributed by atoms with Crippen LogP contribution >= 0.6 is 11.8 Å². The van der Waals surface area contributed by atoms with E-state index in [9.17, 15) is 4.79 Å². The second-order valence-electron chi connectivity index (χ2n) is 6.47. The lowest BCUT2D eigenvalue weighted by Gasteiger charge is -2.13. The number of aromatic amines is 1. The lowest BCUT2D eigenvalue weighted by molar-refractivity contribution is 0.663. The highest BCUT2D eigenvalue weighted by atomic mass is 32.2. The third kappa shape index (κ3) is 2.48. The Kier molecular flexibility index (Phi) is 3.53. The van der Waals surface area contributed by atoms with Crippen molar-refractivity contribution in [3.63, 3.8) is 0 Å². The predicted octanol–water partition coefficient (Wildman–Crippen LogP) is 3.00. The normalized spacial score (nSPS) is 14.3. The van der Waals surface area contributed by atoms with Gasteiger partial charge in [0.1, 0.15) is 22.7 Å². The molecule has 3 aromatic heterocycles. The van der Waals surface area contributed by atoms with Crippen LogP contribution in [-0.2, 0) is 5.75 Å². The lowest BCUT2D eigenvalue weighted by Crippen LogP contribution is -2.24. The second-order valence-corrected chi connectivity index (χ2v) is 7.44. The van der Waals surface area contributed by atoms with Gasteiger partial charge in [-0.1, -0.05) is 23.9 Å². The van der Waals surface area contributed by atoms with Crippen LogP contribution in [0.2, 0.25) is 0 Å². The van der Waals surface area contributed by atoms with Crippen molar-refractivity contribution >= 4 is 33.8 Å². The molecule has 4 aromatic rings. The fourth-order valence-electron chi connectivity index (χ4n) is 3.25. The molecule has 0 atom stereocenters. The van der Waals surface area contributed by atoms with E-state index >= 15 is 0 Å². The van der Waals surface area contributed by atoms with E-state index in [1.807, 2.05) is 29.7 Å². The standard InChI is InChI=1S/C18H16N6OS/c1-10-3-2-4-12-14(10)18(25)24(11-5-6-11)13(23-12)7-26-17-15-16(20-8-19-15)21-9-22-17/h2-4,8-9,11H,5-7H2,1H3,(H,19,20,21,22). The maximum absolute atomic E-state index is 13.1. The van der Waals surface area contributed by atoms with Gasteiger partial charge in [-0.05, 0) is 31.4 Å². The molecule has 7 nitrogen and oxygen atoms in total. The highest BCUT2D eigenvalue weighted by Gasteiger charge is 2.28. The summed E-state index contributed by atoms with van der Waals surface area (Å²) < 4.78 is 1.88. The van der Waals surface area contributed by atoms with Crippen molar-refractivity contribution in [2.45, 2.75) is 36.6 Å². The average molecular weight is 364 g/mol. The number of benzene rings is 1. The van der Waals surface area contributed by atoms with Crippen LogP contribution in [0.15, 0.2) is 40.7 Å². The molecule has 1 N–H and O–H groups in total. The van der Waals surface area contributed by atoms with Gasteiger partial charge < -0.3 is 4.98 Å². The molecule has 0 radical (unpaired) electrons. The smallest absolute Gasteiger partial charge is 0.261 e. The number of hydrogen-bond acceptors (Lipinski definition) is 6. The maximum atomic E-state index is 13.1. The summed E-state index contributed by atoms with van der Waals surface area (Å²) in [6.45, 7) is 1.97. The van der Waals surface area contributed by atoms with E-state index < -0.39 is 0 Å². The Morgan fingerprint density at radius 1 is 1.27 bits per heavy atom. The van der Waals surface area contributed by atoms with E-state index in [0.29, 0.717) is 11.4 Å². The number of aryl methyl sites for hydroxylation is 1. The van der Waals surface area contributed by atoms with Gasteiger partial charge >= 0.3 is 0 Å². The average Bonchev–Trinajstić information content (AvgIpc) is 3.35. The minimum atomic E-state index is 0.0700. The van der Waals surface area contributed by atoms with Gasteiger partial charge in [0.2, 0.25) is 0 Å². The summed E-state index contributed by atoms with van der Waals surface area (Å²) >= 11 is 1.54. The van der Waals surface area contributed by atoms with Crippen molar-refractivity contribution in [2.24, 2.45) is 0 Å². The van der Waals surface area contributed by atoms with Crippen LogP contribution < -0.4 is 5.56 Å². The van der Waals surface area contributed by atoms with Crippen molar-refractivity contribution in [3.8, 4) is 0 Å². The summed E-state index contributed by atoms with van der Waals surface area (Å²) in [5.74, 6) is 1.37. The van der Waals surface area contributed by atoms with Crippen molar-refractivity contribution < 1.29 is 0 Å². The van der Waals surface area contributed by atoms with Gasteiger partial charge in [-0.25, -0.2) is 19.9 Å². The molecule has 1 aliphatic carbocycles. The van der Waals surface area contributed by atoms with E-state index in [1.54, 1.807) is 18.1 Å². The molecule has 1 fully saturated rings. The molecule has 3 heterocycles. The number of fused-ring (bicyclic) bond motifs is 2. The molecular weight excluding hydrogens is 348 g/mol. The lowest BCUT2D eigenvalue weighted by atomic mass is 10.1. The zero-order valence-electron chi connectivity index (χ0n) is 14.1. The number of H-pyrrole nitrogens is 1. The van der Waals surface area contributed by atoms with Gasteiger partial charge in [-0.2, -0.15) is 0 Å². The minimum Gasteiger partial charge on any atom is -0.341 e. The number of rotatable bonds is 4. The number of hydrogen-bond donors (Lipinski definition) is 1. The summed E-state index contributed by atoms with van der Waals surface area (Å²) in [6, 6.07) is 6.09. The van der Waals surface area contributed by atoms with Gasteiger partial charge in [0.15, 0.2) is 5.65 Å². The first-order valence-electron chi connectivity index (χ1n) is 8.50. The third-order valence-corrected chi connectivity index (χ3v) is 5.63. The molecule has 0 spiro atoms. The van der Waals surface area contributed by atoms with Gasteiger partial charge in [-0.3, -0.25) is 9.36 Å². The van der Waals surface area contributed by atoms with Crippen LogP contribution in [0.4, 0.5) is 0 Å². The Hall–Kier alpha value is -2.74. The van der Waals surface area contributed by atoms with Crippen molar-refractivity contribution in [1.29, 1.82) is 0 Å². The third-order valence-electron chi connectivity index (χ3n) is 4.65. The van der Waals surface area contributed by atoms with Crippen molar-refractivity contribution in [1.82, 2.24) is 29.5 Å². The number of thioether (sulfide) groups is 1. The van der Waals surface area contributed by atoms with Crippen molar-refractivity contribution in [3.05, 3.63) is 52.6 Å². The summed E-state index contributed by atoms with van der Waals surface area (Å²) in [6.07, 6.45) is 5.20. The quantitative estimate of drug-likeness (QED) is 0.442. The van der Waals surface area contributed by atoms with E-state index in [1.165, 1.54) is 6.33 Å². The topological polar surface area (TPSA) is 89.3 Å². The number of imidazole rings is 1. The van der Waals surface area contributed by atoms with Crippen LogP contribution in [0.25, 0.3) is 22.1 Å². The Balaban J connectivity index is 1.59. The molecule has 130 valence electrons. The molecule has 0 aliphatic heterocycles. The summed E-state index contributed by atoms with van der Waals surface area (Å²) in [5, 5.41) is 1.54. The summed E-state index contributed by atoms with van der Waals surface area (Å²) in [4.78, 5) is 33.6. The monoisotopic (exact) mass is 364 g/mol. The highest BCUT2D eigenvalue weighted by Crippen LogP contribution is 2.36. The van der Waals surface area contributed by atoms with E-state index in [0.717, 1.165) is 45.7 Å². The molecule has 26 heavy (non-hydrogen) atoms. The fourth-order valence-corrected chi connectivity index (χ4v) is 4.14. The van der Waals surface area contributed by atoms with Gasteiger partial charge in [0.05, 0.1) is 23.0 Å². The van der Waals surface area contributed by atoms with Gasteiger partial charge in [0, 0.05) is 6.04 Å². The van der Waals surface area contributed by atoms with Crippen LogP contribution in [0.1, 0.15) is 30.3 Å². The van der Waals surface area contributed by atoms with E-state index in [-0.39, 0.29) is 11.6 Å². The second kappa shape index (κ2) is 5.91. The maximum Gasteiger partial charge on any atom is 0.261 e. The number of nitrogens with zero attached hydrogens (tertiary/aromatic N) is 5. The molecule has 1 aliphatic rings. The molecular formula is C18H16N6OS. The first kappa shape index (κ1) is 15.5. The Morgan fingerprint density at radius 3 is 3.00 bits per heavy atom. The van der Waals surface area contributed by atoms with E-state index in [2.05, 4.69) is 19.9 Å². The van der Waals surface area contributed by atoms with Crippen LogP contribution in [0.3, 0.4) is 0 Å². The number of nitrogens with one attached hydrogen (secondary N) is 1. The largest absolute Gasteiger partial charge is 0.341 e. The Bertz CT molecular complexity index is 1190. The molecule has 1 aromatic carbocycles. The molecule has 5 rings (SSSR count). The molecule has 8 heteroatoms. The predicted molar refractivity (Wildman–Crippen MR) is 100 cm³/mol. The Labute approximate surface area is 152 Å². The molecule has 0 bridgehead atoms. The highest BCUT2D eigenvalue weighted by molar-refractivity contribution is 7.98. The fraction of sp³-hybridized carbons (Fsp3) is 0.278. The molecule has 0 saturated heterocycles. The minimum absolute atomic E-state index is 0.0700. The van der Waals surface area contributed by atoms with Gasteiger partial charge in [0.25, 0.3) is 5.56 Å².